The maximum absolute atomic E-state index is 12.7. The third-order valence-electron chi connectivity index (χ3n) is 13.1. The molecule has 0 bridgehead atoms. The zero-order chi connectivity index (χ0) is 49.5. The lowest BCUT2D eigenvalue weighted by Crippen LogP contribution is -2.29. The highest BCUT2D eigenvalue weighted by Crippen LogP contribution is 2.43. The average Bonchev–Trinajstić information content (AvgIpc) is 3.33. The quantitative estimate of drug-likeness (QED) is 0.0264. The van der Waals surface area contributed by atoms with Crippen molar-refractivity contribution in [2.75, 3.05) is 26.4 Å². The second kappa shape index (κ2) is 54.8. The van der Waals surface area contributed by atoms with Gasteiger partial charge < -0.3 is 20.1 Å². The van der Waals surface area contributed by atoms with E-state index >= 15 is 0 Å². The van der Waals surface area contributed by atoms with Crippen LogP contribution in [-0.4, -0.2) is 49.3 Å². The molecule has 0 amide bonds. The Morgan fingerprint density at radius 1 is 0.441 bits per heavy atom. The SMILES string of the molecule is CCCCCCC/C=C\C/C=C\CCCCCCCCCCCCCCCCCCCCCCCC(=O)OC(COC(=O)CCCCCCCCCCCCCCCC)COP(=O)(O)OCCN. The van der Waals surface area contributed by atoms with Crippen LogP contribution in [-0.2, 0) is 32.7 Å². The van der Waals surface area contributed by atoms with E-state index in [1.54, 1.807) is 0 Å². The smallest absolute Gasteiger partial charge is 0.462 e. The predicted octanol–water partition coefficient (Wildman–Crippen LogP) is 18.2. The molecule has 0 saturated carbocycles. The topological polar surface area (TPSA) is 134 Å². The molecular weight excluding hydrogens is 870 g/mol. The van der Waals surface area contributed by atoms with Crippen molar-refractivity contribution in [1.29, 1.82) is 0 Å². The van der Waals surface area contributed by atoms with Crippen molar-refractivity contribution in [3.05, 3.63) is 24.3 Å². The summed E-state index contributed by atoms with van der Waals surface area (Å²) >= 11 is 0. The van der Waals surface area contributed by atoms with E-state index in [1.165, 1.54) is 231 Å². The number of carbonyl (C=O) groups excluding carboxylic acids is 2. The minimum atomic E-state index is -4.38. The Balaban J connectivity index is 3.82. The number of unbranched alkanes of at least 4 members (excludes halogenated alkanes) is 39. The van der Waals surface area contributed by atoms with Gasteiger partial charge in [0.1, 0.15) is 6.61 Å². The second-order valence-electron chi connectivity index (χ2n) is 19.9. The molecular formula is C58H112NO8P. The maximum Gasteiger partial charge on any atom is 0.472 e. The number of nitrogens with two attached hydrogens (primary N) is 1. The highest BCUT2D eigenvalue weighted by atomic mass is 31.2. The van der Waals surface area contributed by atoms with Gasteiger partial charge in [0.25, 0.3) is 0 Å². The van der Waals surface area contributed by atoms with Crippen molar-refractivity contribution in [2.24, 2.45) is 5.73 Å². The minimum Gasteiger partial charge on any atom is -0.462 e. The predicted molar refractivity (Wildman–Crippen MR) is 289 cm³/mol. The molecule has 402 valence electrons. The number of hydrogen-bond donors (Lipinski definition) is 2. The van der Waals surface area contributed by atoms with Crippen LogP contribution in [0.2, 0.25) is 0 Å². The summed E-state index contributed by atoms with van der Waals surface area (Å²) in [4.78, 5) is 35.1. The van der Waals surface area contributed by atoms with Gasteiger partial charge in [-0.3, -0.25) is 18.6 Å². The van der Waals surface area contributed by atoms with Crippen LogP contribution in [0.1, 0.15) is 303 Å². The molecule has 0 aliphatic rings. The van der Waals surface area contributed by atoms with E-state index in [1.807, 2.05) is 0 Å². The van der Waals surface area contributed by atoms with Crippen LogP contribution in [0, 0.1) is 0 Å². The Morgan fingerprint density at radius 3 is 1.12 bits per heavy atom. The maximum atomic E-state index is 12.7. The molecule has 9 nitrogen and oxygen atoms in total. The van der Waals surface area contributed by atoms with Crippen molar-refractivity contribution >= 4 is 19.8 Å². The van der Waals surface area contributed by atoms with Crippen LogP contribution in [0.15, 0.2) is 24.3 Å². The van der Waals surface area contributed by atoms with Crippen molar-refractivity contribution in [3.63, 3.8) is 0 Å². The molecule has 0 radical (unpaired) electrons. The molecule has 0 aromatic heterocycles. The number of hydrogen-bond acceptors (Lipinski definition) is 8. The lowest BCUT2D eigenvalue weighted by Gasteiger charge is -2.19. The Hall–Kier alpha value is -1.51. The fraction of sp³-hybridized carbons (Fsp3) is 0.897. The Kier molecular flexibility index (Phi) is 53.6. The molecule has 0 heterocycles. The summed E-state index contributed by atoms with van der Waals surface area (Å²) in [6.07, 6.45) is 63.9. The number of ether oxygens (including phenoxy) is 2. The number of phosphoric ester groups is 1. The van der Waals surface area contributed by atoms with Gasteiger partial charge >= 0.3 is 19.8 Å². The molecule has 0 aromatic carbocycles. The summed E-state index contributed by atoms with van der Waals surface area (Å²) in [6, 6.07) is 0. The first-order valence-electron chi connectivity index (χ1n) is 29.3. The van der Waals surface area contributed by atoms with E-state index in [-0.39, 0.29) is 38.6 Å². The first kappa shape index (κ1) is 66.5. The second-order valence-corrected chi connectivity index (χ2v) is 21.3. The number of esters is 2. The summed E-state index contributed by atoms with van der Waals surface area (Å²) in [5, 5.41) is 0. The molecule has 0 aliphatic carbocycles. The van der Waals surface area contributed by atoms with Crippen LogP contribution >= 0.6 is 7.82 Å². The van der Waals surface area contributed by atoms with Crippen molar-refractivity contribution in [2.45, 2.75) is 309 Å². The minimum absolute atomic E-state index is 0.0568. The lowest BCUT2D eigenvalue weighted by atomic mass is 10.0. The van der Waals surface area contributed by atoms with Crippen molar-refractivity contribution in [1.82, 2.24) is 0 Å². The fourth-order valence-corrected chi connectivity index (χ4v) is 9.49. The zero-order valence-corrected chi connectivity index (χ0v) is 45.8. The third-order valence-corrected chi connectivity index (χ3v) is 14.1. The van der Waals surface area contributed by atoms with Gasteiger partial charge in [-0.25, -0.2) is 4.57 Å². The first-order valence-corrected chi connectivity index (χ1v) is 30.8. The molecule has 0 saturated heterocycles. The first-order chi connectivity index (χ1) is 33.3. The summed E-state index contributed by atoms with van der Waals surface area (Å²) < 4.78 is 33.0. The van der Waals surface area contributed by atoms with Crippen LogP contribution in [0.3, 0.4) is 0 Å². The molecule has 0 aliphatic heterocycles. The summed E-state index contributed by atoms with van der Waals surface area (Å²) in [7, 11) is -4.38. The van der Waals surface area contributed by atoms with Gasteiger partial charge in [0, 0.05) is 19.4 Å². The van der Waals surface area contributed by atoms with Crippen LogP contribution < -0.4 is 5.73 Å². The molecule has 3 N–H and O–H groups in total. The Bertz CT molecular complexity index is 1170. The summed E-state index contributed by atoms with van der Waals surface area (Å²) in [5.74, 6) is -0.809. The van der Waals surface area contributed by atoms with Crippen LogP contribution in [0.25, 0.3) is 0 Å². The molecule has 0 aromatic rings. The van der Waals surface area contributed by atoms with Gasteiger partial charge in [0.05, 0.1) is 13.2 Å². The van der Waals surface area contributed by atoms with E-state index in [0.29, 0.717) is 6.42 Å². The van der Waals surface area contributed by atoms with E-state index < -0.39 is 26.5 Å². The highest BCUT2D eigenvalue weighted by molar-refractivity contribution is 7.47. The number of rotatable bonds is 56. The normalized spacial score (nSPS) is 13.2. The van der Waals surface area contributed by atoms with Crippen LogP contribution in [0.5, 0.6) is 0 Å². The molecule has 0 fully saturated rings. The fourth-order valence-electron chi connectivity index (χ4n) is 8.73. The summed E-state index contributed by atoms with van der Waals surface area (Å²) in [6.45, 7) is 3.78. The van der Waals surface area contributed by atoms with E-state index in [9.17, 15) is 19.0 Å². The standard InChI is InChI=1S/C58H112NO8P/c1-3-5-7-9-11-13-15-17-19-20-21-22-23-24-25-26-27-28-29-30-31-32-33-34-35-36-37-39-41-43-45-47-49-51-58(61)67-56(55-66-68(62,63)65-53-52-59)54-64-57(60)50-48-46-44-42-40-38-18-16-14-12-10-8-6-4-2/h15,17,20-21,56H,3-14,16,18-19,22-55,59H2,1-2H3,(H,62,63)/b17-15-,21-20-. The van der Waals surface area contributed by atoms with E-state index in [2.05, 4.69) is 38.2 Å². The van der Waals surface area contributed by atoms with E-state index in [4.69, 9.17) is 24.3 Å². The van der Waals surface area contributed by atoms with Gasteiger partial charge in [-0.1, -0.05) is 269 Å². The van der Waals surface area contributed by atoms with Gasteiger partial charge in [0.2, 0.25) is 0 Å². The molecule has 0 rings (SSSR count). The zero-order valence-electron chi connectivity index (χ0n) is 44.9. The number of carbonyl (C=O) groups is 2. The van der Waals surface area contributed by atoms with E-state index in [0.717, 1.165) is 38.5 Å². The average molecular weight is 983 g/mol. The van der Waals surface area contributed by atoms with Crippen molar-refractivity contribution in [3.8, 4) is 0 Å². The van der Waals surface area contributed by atoms with Gasteiger partial charge in [-0.05, 0) is 44.9 Å². The molecule has 2 unspecified atom stereocenters. The highest BCUT2D eigenvalue weighted by Gasteiger charge is 2.26. The number of phosphoric acid groups is 1. The Morgan fingerprint density at radius 2 is 0.765 bits per heavy atom. The monoisotopic (exact) mass is 982 g/mol. The van der Waals surface area contributed by atoms with Gasteiger partial charge in [-0.2, -0.15) is 0 Å². The number of allylic oxidation sites excluding steroid dienone is 4. The molecule has 10 heteroatoms. The third kappa shape index (κ3) is 53.8. The summed E-state index contributed by atoms with van der Waals surface area (Å²) in [5.41, 5.74) is 5.38. The van der Waals surface area contributed by atoms with Crippen molar-refractivity contribution < 1.29 is 37.6 Å². The van der Waals surface area contributed by atoms with Gasteiger partial charge in [-0.15, -0.1) is 0 Å². The Labute approximate surface area is 421 Å². The molecule has 2 atom stereocenters. The lowest BCUT2D eigenvalue weighted by molar-refractivity contribution is -0.161. The molecule has 0 spiro atoms. The molecule has 68 heavy (non-hydrogen) atoms. The largest absolute Gasteiger partial charge is 0.472 e. The van der Waals surface area contributed by atoms with Crippen LogP contribution in [0.4, 0.5) is 0 Å². The van der Waals surface area contributed by atoms with Gasteiger partial charge in [0.15, 0.2) is 6.10 Å².